The highest BCUT2D eigenvalue weighted by atomic mass is 79.9. The van der Waals surface area contributed by atoms with Crippen molar-refractivity contribution in [2.45, 2.75) is 19.3 Å². The van der Waals surface area contributed by atoms with E-state index in [4.69, 9.17) is 16.3 Å². The fourth-order valence-electron chi connectivity index (χ4n) is 1.46. The van der Waals surface area contributed by atoms with Crippen LogP contribution in [0.25, 0.3) is 0 Å². The van der Waals surface area contributed by atoms with Crippen LogP contribution in [-0.2, 0) is 4.74 Å². The Kier molecular flexibility index (Phi) is 6.30. The topological polar surface area (TPSA) is 9.23 Å². The Morgan fingerprint density at radius 1 is 1.47 bits per heavy atom. The molecule has 0 radical (unpaired) electrons. The van der Waals surface area contributed by atoms with Gasteiger partial charge in [-0.15, -0.1) is 11.6 Å². The third-order valence-corrected chi connectivity index (χ3v) is 3.19. The minimum Gasteiger partial charge on any atom is -0.382 e. The second-order valence-electron chi connectivity index (χ2n) is 3.39. The quantitative estimate of drug-likeness (QED) is 0.564. The van der Waals surface area contributed by atoms with Crippen molar-refractivity contribution in [1.29, 1.82) is 0 Å². The van der Waals surface area contributed by atoms with Crippen molar-refractivity contribution in [2.24, 2.45) is 0 Å². The van der Waals surface area contributed by atoms with E-state index in [1.54, 1.807) is 0 Å². The molecule has 0 saturated carbocycles. The van der Waals surface area contributed by atoms with Crippen molar-refractivity contribution < 1.29 is 4.74 Å². The molecule has 0 aliphatic carbocycles. The molecule has 0 heterocycles. The van der Waals surface area contributed by atoms with Gasteiger partial charge in [-0.1, -0.05) is 28.1 Å². The van der Waals surface area contributed by atoms with Crippen LogP contribution in [0.1, 0.15) is 24.8 Å². The maximum atomic E-state index is 5.96. The molecular formula is C12H16BrClO. The van der Waals surface area contributed by atoms with Crippen LogP contribution in [0.4, 0.5) is 0 Å². The lowest BCUT2D eigenvalue weighted by molar-refractivity contribution is 0.141. The summed E-state index contributed by atoms with van der Waals surface area (Å²) in [5, 5.41) is 0. The van der Waals surface area contributed by atoms with Crippen LogP contribution in [0.3, 0.4) is 0 Å². The number of benzene rings is 1. The van der Waals surface area contributed by atoms with Crippen molar-refractivity contribution >= 4 is 27.5 Å². The lowest BCUT2D eigenvalue weighted by Crippen LogP contribution is -2.05. The first-order chi connectivity index (χ1) is 7.27. The van der Waals surface area contributed by atoms with Crippen molar-refractivity contribution in [2.75, 3.05) is 19.1 Å². The summed E-state index contributed by atoms with van der Waals surface area (Å²) >= 11 is 9.43. The average Bonchev–Trinajstić information content (AvgIpc) is 2.24. The highest BCUT2D eigenvalue weighted by molar-refractivity contribution is 9.10. The number of hydrogen-bond acceptors (Lipinski definition) is 1. The van der Waals surface area contributed by atoms with E-state index in [1.165, 1.54) is 5.56 Å². The van der Waals surface area contributed by atoms with Gasteiger partial charge in [-0.25, -0.2) is 0 Å². The Labute approximate surface area is 105 Å². The molecule has 1 nitrogen and oxygen atoms in total. The standard InChI is InChI=1S/C12H16BrClO/c1-2-15-7-6-11(9-14)10-4-3-5-12(13)8-10/h3-5,8,11H,2,6-7,9H2,1H3. The molecule has 0 aliphatic heterocycles. The van der Waals surface area contributed by atoms with Gasteiger partial charge in [-0.05, 0) is 37.0 Å². The fraction of sp³-hybridized carbons (Fsp3) is 0.500. The van der Waals surface area contributed by atoms with E-state index in [9.17, 15) is 0 Å². The summed E-state index contributed by atoms with van der Waals surface area (Å²) in [5.74, 6) is 1.03. The molecule has 0 aliphatic rings. The van der Waals surface area contributed by atoms with Gasteiger partial charge in [-0.2, -0.15) is 0 Å². The second kappa shape index (κ2) is 7.26. The molecule has 15 heavy (non-hydrogen) atoms. The van der Waals surface area contributed by atoms with E-state index in [0.717, 1.165) is 24.1 Å². The number of halogens is 2. The molecule has 0 saturated heterocycles. The molecule has 1 unspecified atom stereocenters. The normalized spacial score (nSPS) is 12.7. The Morgan fingerprint density at radius 2 is 2.27 bits per heavy atom. The highest BCUT2D eigenvalue weighted by Gasteiger charge is 2.10. The van der Waals surface area contributed by atoms with Crippen LogP contribution in [0.15, 0.2) is 28.7 Å². The summed E-state index contributed by atoms with van der Waals surface area (Å²) < 4.78 is 6.45. The molecule has 0 spiro atoms. The van der Waals surface area contributed by atoms with Gasteiger partial charge in [0.15, 0.2) is 0 Å². The van der Waals surface area contributed by atoms with E-state index >= 15 is 0 Å². The lowest BCUT2D eigenvalue weighted by Gasteiger charge is -2.14. The lowest BCUT2D eigenvalue weighted by atomic mass is 9.98. The molecule has 0 fully saturated rings. The minimum atomic E-state index is 0.385. The summed E-state index contributed by atoms with van der Waals surface area (Å²) in [4.78, 5) is 0. The number of hydrogen-bond donors (Lipinski definition) is 0. The average molecular weight is 292 g/mol. The summed E-state index contributed by atoms with van der Waals surface area (Å²) in [6.07, 6.45) is 0.980. The molecule has 3 heteroatoms. The van der Waals surface area contributed by atoms with Crippen molar-refractivity contribution in [3.05, 3.63) is 34.3 Å². The van der Waals surface area contributed by atoms with E-state index in [0.29, 0.717) is 11.8 Å². The first-order valence-electron chi connectivity index (χ1n) is 5.17. The number of ether oxygens (including phenoxy) is 1. The second-order valence-corrected chi connectivity index (χ2v) is 4.62. The summed E-state index contributed by atoms with van der Waals surface area (Å²) in [5.41, 5.74) is 1.28. The van der Waals surface area contributed by atoms with Crippen molar-refractivity contribution in [1.82, 2.24) is 0 Å². The molecule has 1 aromatic rings. The number of rotatable bonds is 6. The predicted octanol–water partition coefficient (Wildman–Crippen LogP) is 4.20. The molecule has 84 valence electrons. The van der Waals surface area contributed by atoms with Crippen LogP contribution in [0.2, 0.25) is 0 Å². The molecular weight excluding hydrogens is 275 g/mol. The minimum absolute atomic E-state index is 0.385. The highest BCUT2D eigenvalue weighted by Crippen LogP contribution is 2.24. The molecule has 0 N–H and O–H groups in total. The molecule has 0 amide bonds. The molecule has 0 bridgehead atoms. The van der Waals surface area contributed by atoms with Gasteiger partial charge < -0.3 is 4.74 Å². The summed E-state index contributed by atoms with van der Waals surface area (Å²) in [7, 11) is 0. The maximum Gasteiger partial charge on any atom is 0.0472 e. The zero-order chi connectivity index (χ0) is 11.1. The van der Waals surface area contributed by atoms with Crippen LogP contribution < -0.4 is 0 Å². The number of alkyl halides is 1. The van der Waals surface area contributed by atoms with E-state index in [2.05, 4.69) is 28.1 Å². The van der Waals surface area contributed by atoms with Gasteiger partial charge in [0.2, 0.25) is 0 Å². The SMILES string of the molecule is CCOCCC(CCl)c1cccc(Br)c1. The molecule has 0 aromatic heterocycles. The van der Waals surface area contributed by atoms with Gasteiger partial charge in [0, 0.05) is 23.6 Å². The first-order valence-corrected chi connectivity index (χ1v) is 6.49. The molecule has 1 atom stereocenters. The monoisotopic (exact) mass is 290 g/mol. The predicted molar refractivity (Wildman–Crippen MR) is 68.7 cm³/mol. The van der Waals surface area contributed by atoms with Crippen LogP contribution in [0, 0.1) is 0 Å². The van der Waals surface area contributed by atoms with Crippen LogP contribution >= 0.6 is 27.5 Å². The van der Waals surface area contributed by atoms with Crippen molar-refractivity contribution in [3.8, 4) is 0 Å². The van der Waals surface area contributed by atoms with E-state index < -0.39 is 0 Å². The van der Waals surface area contributed by atoms with Gasteiger partial charge in [0.25, 0.3) is 0 Å². The van der Waals surface area contributed by atoms with Crippen molar-refractivity contribution in [3.63, 3.8) is 0 Å². The van der Waals surface area contributed by atoms with Gasteiger partial charge in [0.1, 0.15) is 0 Å². The smallest absolute Gasteiger partial charge is 0.0472 e. The zero-order valence-corrected chi connectivity index (χ0v) is 11.2. The Bertz CT molecular complexity index is 291. The Balaban J connectivity index is 2.57. The fourth-order valence-corrected chi connectivity index (χ4v) is 2.21. The van der Waals surface area contributed by atoms with E-state index in [-0.39, 0.29) is 0 Å². The summed E-state index contributed by atoms with van der Waals surface area (Å²) in [6.45, 7) is 3.56. The van der Waals surface area contributed by atoms with Gasteiger partial charge >= 0.3 is 0 Å². The van der Waals surface area contributed by atoms with Gasteiger partial charge in [0.05, 0.1) is 0 Å². The summed E-state index contributed by atoms with van der Waals surface area (Å²) in [6, 6.07) is 8.31. The molecule has 1 rings (SSSR count). The third kappa shape index (κ3) is 4.54. The Hall–Kier alpha value is -0.0500. The Morgan fingerprint density at radius 3 is 2.87 bits per heavy atom. The zero-order valence-electron chi connectivity index (χ0n) is 8.88. The van der Waals surface area contributed by atoms with E-state index in [1.807, 2.05) is 19.1 Å². The van der Waals surface area contributed by atoms with Crippen LogP contribution in [0.5, 0.6) is 0 Å². The van der Waals surface area contributed by atoms with Crippen LogP contribution in [-0.4, -0.2) is 19.1 Å². The first kappa shape index (κ1) is 13.0. The largest absolute Gasteiger partial charge is 0.382 e. The maximum absolute atomic E-state index is 5.96. The molecule has 1 aromatic carbocycles. The van der Waals surface area contributed by atoms with Gasteiger partial charge in [-0.3, -0.25) is 0 Å². The third-order valence-electron chi connectivity index (χ3n) is 2.32.